The summed E-state index contributed by atoms with van der Waals surface area (Å²) in [5.41, 5.74) is 6.79. The van der Waals surface area contributed by atoms with Crippen LogP contribution in [0, 0.1) is 0 Å². The van der Waals surface area contributed by atoms with E-state index in [1.807, 2.05) is 24.4 Å². The van der Waals surface area contributed by atoms with Gasteiger partial charge in [-0.15, -0.1) is 23.7 Å². The zero-order chi connectivity index (χ0) is 13.8. The first kappa shape index (κ1) is 17.5. The van der Waals surface area contributed by atoms with E-state index >= 15 is 0 Å². The molecule has 0 saturated heterocycles. The molecule has 20 heavy (non-hydrogen) atoms. The molecule has 2 aromatic rings. The molecule has 1 heterocycles. The zero-order valence-corrected chi connectivity index (χ0v) is 14.1. The third kappa shape index (κ3) is 4.79. The molecule has 1 aromatic carbocycles. The predicted molar refractivity (Wildman–Crippen MR) is 90.0 cm³/mol. The first-order valence-corrected chi connectivity index (χ1v) is 7.52. The molecule has 0 spiro atoms. The molecule has 7 heteroatoms. The molecule has 0 fully saturated rings. The number of anilines is 1. The fourth-order valence-corrected chi connectivity index (χ4v) is 2.84. The number of benzene rings is 1. The lowest BCUT2D eigenvalue weighted by molar-refractivity contribution is 0.273. The van der Waals surface area contributed by atoms with Crippen LogP contribution in [0.3, 0.4) is 0 Å². The molecule has 0 aliphatic rings. The molecule has 3 nitrogen and oxygen atoms in total. The van der Waals surface area contributed by atoms with E-state index in [9.17, 15) is 0 Å². The second-order valence-corrected chi connectivity index (χ2v) is 6.18. The smallest absolute Gasteiger partial charge is 0.180 e. The highest BCUT2D eigenvalue weighted by Gasteiger charge is 2.08. The summed E-state index contributed by atoms with van der Waals surface area (Å²) in [4.78, 5) is 7.53. The van der Waals surface area contributed by atoms with Gasteiger partial charge in [0.2, 0.25) is 0 Å². The largest absolute Gasteiger partial charge is 0.375 e. The molecule has 1 aromatic heterocycles. The van der Waals surface area contributed by atoms with Crippen LogP contribution in [0.1, 0.15) is 17.4 Å². The van der Waals surface area contributed by atoms with Crippen LogP contribution in [0.2, 0.25) is 10.0 Å². The van der Waals surface area contributed by atoms with Gasteiger partial charge < -0.3 is 5.73 Å². The minimum absolute atomic E-state index is 0. The average Bonchev–Trinajstić information content (AvgIpc) is 2.78. The lowest BCUT2D eigenvalue weighted by Gasteiger charge is -2.19. The Labute approximate surface area is 139 Å². The maximum Gasteiger partial charge on any atom is 0.180 e. The Morgan fingerprint density at radius 3 is 2.55 bits per heavy atom. The van der Waals surface area contributed by atoms with E-state index in [-0.39, 0.29) is 12.4 Å². The second-order valence-electron chi connectivity index (χ2n) is 4.22. The minimum atomic E-state index is 0. The molecule has 0 saturated carbocycles. The molecule has 2 rings (SSSR count). The summed E-state index contributed by atoms with van der Waals surface area (Å²) < 4.78 is 0. The first-order chi connectivity index (χ1) is 9.08. The van der Waals surface area contributed by atoms with E-state index < -0.39 is 0 Å². The summed E-state index contributed by atoms with van der Waals surface area (Å²) in [6.45, 7) is 4.73. The van der Waals surface area contributed by atoms with E-state index in [1.54, 1.807) is 0 Å². The van der Waals surface area contributed by atoms with Crippen LogP contribution in [0.5, 0.6) is 0 Å². The third-order valence-corrected chi connectivity index (χ3v) is 4.34. The third-order valence-electron chi connectivity index (χ3n) is 2.79. The van der Waals surface area contributed by atoms with Crippen LogP contribution in [-0.4, -0.2) is 16.4 Å². The van der Waals surface area contributed by atoms with Crippen LogP contribution in [0.25, 0.3) is 0 Å². The van der Waals surface area contributed by atoms with E-state index in [2.05, 4.69) is 16.8 Å². The fourth-order valence-electron chi connectivity index (χ4n) is 1.79. The van der Waals surface area contributed by atoms with Gasteiger partial charge in [0.25, 0.3) is 0 Å². The van der Waals surface area contributed by atoms with Gasteiger partial charge in [0.15, 0.2) is 5.13 Å². The van der Waals surface area contributed by atoms with E-state index in [1.165, 1.54) is 16.2 Å². The molecule has 110 valence electrons. The first-order valence-electron chi connectivity index (χ1n) is 5.95. The molecule has 0 unspecified atom stereocenters. The number of hydrogen-bond acceptors (Lipinski definition) is 4. The van der Waals surface area contributed by atoms with Crippen molar-refractivity contribution in [3.05, 3.63) is 44.9 Å². The molecule has 0 amide bonds. The van der Waals surface area contributed by atoms with Crippen LogP contribution in [-0.2, 0) is 13.1 Å². The van der Waals surface area contributed by atoms with Crippen molar-refractivity contribution in [1.29, 1.82) is 0 Å². The zero-order valence-electron chi connectivity index (χ0n) is 11.0. The van der Waals surface area contributed by atoms with E-state index in [0.29, 0.717) is 15.2 Å². The maximum atomic E-state index is 6.03. The van der Waals surface area contributed by atoms with Crippen LogP contribution < -0.4 is 5.73 Å². The van der Waals surface area contributed by atoms with Crippen LogP contribution >= 0.6 is 46.9 Å². The highest BCUT2D eigenvalue weighted by Crippen LogP contribution is 2.24. The molecule has 0 aliphatic carbocycles. The van der Waals surface area contributed by atoms with Gasteiger partial charge in [0.1, 0.15) is 0 Å². The quantitative estimate of drug-likeness (QED) is 0.863. The van der Waals surface area contributed by atoms with Crippen LogP contribution in [0.15, 0.2) is 24.4 Å². The number of thiazole rings is 1. The Hall–Kier alpha value is -0.520. The predicted octanol–water partition coefficient (Wildman–Crippen LogP) is 4.48. The average molecular weight is 353 g/mol. The Balaban J connectivity index is 0.00000200. The van der Waals surface area contributed by atoms with Gasteiger partial charge in [-0.2, -0.15) is 0 Å². The lowest BCUT2D eigenvalue weighted by atomic mass is 10.2. The summed E-state index contributed by atoms with van der Waals surface area (Å²) in [7, 11) is 0. The lowest BCUT2D eigenvalue weighted by Crippen LogP contribution is -2.21. The number of aromatic nitrogens is 1. The summed E-state index contributed by atoms with van der Waals surface area (Å²) in [6.07, 6.45) is 1.83. The highest BCUT2D eigenvalue weighted by molar-refractivity contribution is 7.15. The summed E-state index contributed by atoms with van der Waals surface area (Å²) in [5.74, 6) is 0. The molecule has 0 atom stereocenters. The number of halogens is 3. The van der Waals surface area contributed by atoms with Crippen molar-refractivity contribution in [2.45, 2.75) is 20.0 Å². The van der Waals surface area contributed by atoms with Crippen molar-refractivity contribution in [2.75, 3.05) is 12.3 Å². The molecular weight excluding hydrogens is 337 g/mol. The van der Waals surface area contributed by atoms with Crippen molar-refractivity contribution in [2.24, 2.45) is 0 Å². The number of nitrogens with zero attached hydrogens (tertiary/aromatic N) is 2. The topological polar surface area (TPSA) is 42.2 Å². The van der Waals surface area contributed by atoms with E-state index in [0.717, 1.165) is 25.2 Å². The molecular formula is C13H16Cl3N3S. The molecule has 0 radical (unpaired) electrons. The Morgan fingerprint density at radius 2 is 2.00 bits per heavy atom. The summed E-state index contributed by atoms with van der Waals surface area (Å²) in [6, 6.07) is 5.74. The van der Waals surface area contributed by atoms with Crippen molar-refractivity contribution < 1.29 is 0 Å². The van der Waals surface area contributed by atoms with Crippen molar-refractivity contribution >= 4 is 52.1 Å². The molecule has 2 N–H and O–H groups in total. The van der Waals surface area contributed by atoms with Crippen molar-refractivity contribution in [3.63, 3.8) is 0 Å². The standard InChI is InChI=1S/C13H15Cl2N3S.ClH/c1-2-18(8-10-6-17-13(16)19-10)7-9-3-4-11(14)12(15)5-9;/h3-6H,2,7-8H2,1H3,(H2,16,17);1H. The molecule has 0 aliphatic heterocycles. The van der Waals surface area contributed by atoms with Gasteiger partial charge in [0, 0.05) is 24.2 Å². The molecule has 0 bridgehead atoms. The Morgan fingerprint density at radius 1 is 1.25 bits per heavy atom. The van der Waals surface area contributed by atoms with Gasteiger partial charge in [-0.3, -0.25) is 4.90 Å². The summed E-state index contributed by atoms with van der Waals surface area (Å²) >= 11 is 13.5. The van der Waals surface area contributed by atoms with Gasteiger partial charge >= 0.3 is 0 Å². The highest BCUT2D eigenvalue weighted by atomic mass is 35.5. The minimum Gasteiger partial charge on any atom is -0.375 e. The van der Waals surface area contributed by atoms with E-state index in [4.69, 9.17) is 28.9 Å². The Bertz CT molecular complexity index is 560. The van der Waals surface area contributed by atoms with Gasteiger partial charge in [0.05, 0.1) is 10.0 Å². The normalized spacial score (nSPS) is 10.6. The van der Waals surface area contributed by atoms with Gasteiger partial charge in [-0.05, 0) is 24.2 Å². The SMILES string of the molecule is CCN(Cc1ccc(Cl)c(Cl)c1)Cc1cnc(N)s1.Cl. The van der Waals surface area contributed by atoms with Crippen molar-refractivity contribution in [3.8, 4) is 0 Å². The van der Waals surface area contributed by atoms with Crippen molar-refractivity contribution in [1.82, 2.24) is 9.88 Å². The number of hydrogen-bond donors (Lipinski definition) is 1. The van der Waals surface area contributed by atoms with Crippen LogP contribution in [0.4, 0.5) is 5.13 Å². The fraction of sp³-hybridized carbons (Fsp3) is 0.308. The number of rotatable bonds is 5. The number of nitrogen functional groups attached to an aromatic ring is 1. The van der Waals surface area contributed by atoms with Gasteiger partial charge in [-0.1, -0.05) is 36.2 Å². The van der Waals surface area contributed by atoms with Gasteiger partial charge in [-0.25, -0.2) is 4.98 Å². The number of nitrogens with two attached hydrogens (primary N) is 1. The summed E-state index contributed by atoms with van der Waals surface area (Å²) in [5, 5.41) is 1.79. The maximum absolute atomic E-state index is 6.03. The monoisotopic (exact) mass is 351 g/mol. The Kier molecular flexibility index (Phi) is 7.06. The second kappa shape index (κ2) is 8.05.